The van der Waals surface area contributed by atoms with Crippen LogP contribution in [0.5, 0.6) is 11.5 Å². The number of thiophene rings is 1. The number of hydrogen-bond donors (Lipinski definition) is 1. The molecule has 7 nitrogen and oxygen atoms in total. The van der Waals surface area contributed by atoms with Gasteiger partial charge in [0, 0.05) is 18.9 Å². The van der Waals surface area contributed by atoms with E-state index in [0.29, 0.717) is 16.8 Å². The molecule has 0 spiro atoms. The number of fused-ring (bicyclic) bond motifs is 2. The molecule has 0 fully saturated rings. The third kappa shape index (κ3) is 2.96. The first-order chi connectivity index (χ1) is 13.2. The Bertz CT molecular complexity index is 1160. The van der Waals surface area contributed by atoms with Crippen molar-refractivity contribution in [3.63, 3.8) is 0 Å². The van der Waals surface area contributed by atoms with Crippen molar-refractivity contribution in [1.82, 2.24) is 19.5 Å². The Labute approximate surface area is 163 Å². The number of nitrogens with zero attached hydrogens (tertiary/aromatic N) is 4. The van der Waals surface area contributed by atoms with Gasteiger partial charge in [0.2, 0.25) is 12.7 Å². The SMILES string of the molecule is Cc1nccn1-c1nc(NCc2ccc3c(c2)OCO3)c2cc(Cl)sc2n1. The van der Waals surface area contributed by atoms with Crippen LogP contribution in [-0.2, 0) is 6.54 Å². The molecule has 9 heteroatoms. The van der Waals surface area contributed by atoms with Gasteiger partial charge >= 0.3 is 0 Å². The molecule has 3 aromatic heterocycles. The van der Waals surface area contributed by atoms with Crippen molar-refractivity contribution in [1.29, 1.82) is 0 Å². The number of aromatic nitrogens is 4. The van der Waals surface area contributed by atoms with Gasteiger partial charge in [0.15, 0.2) is 11.5 Å². The maximum absolute atomic E-state index is 6.22. The van der Waals surface area contributed by atoms with E-state index in [1.807, 2.05) is 42.0 Å². The van der Waals surface area contributed by atoms with Crippen LogP contribution in [0.4, 0.5) is 5.82 Å². The van der Waals surface area contributed by atoms with E-state index < -0.39 is 0 Å². The number of nitrogens with one attached hydrogen (secondary N) is 1. The highest BCUT2D eigenvalue weighted by Crippen LogP contribution is 2.34. The monoisotopic (exact) mass is 399 g/mol. The van der Waals surface area contributed by atoms with Gasteiger partial charge < -0.3 is 14.8 Å². The molecular weight excluding hydrogens is 386 g/mol. The van der Waals surface area contributed by atoms with Gasteiger partial charge in [-0.2, -0.15) is 4.98 Å². The van der Waals surface area contributed by atoms with E-state index in [1.165, 1.54) is 11.3 Å². The molecule has 0 saturated carbocycles. The third-order valence-corrected chi connectivity index (χ3v) is 5.45. The molecule has 136 valence electrons. The molecular formula is C18H14ClN5O2S. The molecule has 0 atom stereocenters. The molecule has 0 bridgehead atoms. The van der Waals surface area contributed by atoms with Crippen LogP contribution in [0.2, 0.25) is 4.34 Å². The summed E-state index contributed by atoms with van der Waals surface area (Å²) < 4.78 is 13.3. The molecule has 0 amide bonds. The van der Waals surface area contributed by atoms with Gasteiger partial charge in [-0.1, -0.05) is 17.7 Å². The molecule has 1 N–H and O–H groups in total. The average Bonchev–Trinajstić information content (AvgIpc) is 3.37. The summed E-state index contributed by atoms with van der Waals surface area (Å²) in [6, 6.07) is 7.76. The number of anilines is 1. The van der Waals surface area contributed by atoms with Gasteiger partial charge in [0.25, 0.3) is 0 Å². The third-order valence-electron chi connectivity index (χ3n) is 4.29. The van der Waals surface area contributed by atoms with Crippen LogP contribution in [0, 0.1) is 6.92 Å². The first-order valence-electron chi connectivity index (χ1n) is 8.27. The zero-order valence-corrected chi connectivity index (χ0v) is 15.8. The van der Waals surface area contributed by atoms with E-state index in [9.17, 15) is 0 Å². The van der Waals surface area contributed by atoms with E-state index in [4.69, 9.17) is 26.1 Å². The van der Waals surface area contributed by atoms with E-state index in [-0.39, 0.29) is 6.79 Å². The van der Waals surface area contributed by atoms with E-state index >= 15 is 0 Å². The Balaban J connectivity index is 1.50. The van der Waals surface area contributed by atoms with Crippen LogP contribution in [0.25, 0.3) is 16.2 Å². The summed E-state index contributed by atoms with van der Waals surface area (Å²) in [5.41, 5.74) is 1.06. The fraction of sp³-hybridized carbons (Fsp3) is 0.167. The predicted molar refractivity (Wildman–Crippen MR) is 104 cm³/mol. The first kappa shape index (κ1) is 16.3. The number of hydrogen-bond acceptors (Lipinski definition) is 7. The molecule has 5 rings (SSSR count). The minimum Gasteiger partial charge on any atom is -0.454 e. The Morgan fingerprint density at radius 3 is 2.96 bits per heavy atom. The van der Waals surface area contributed by atoms with Crippen molar-refractivity contribution in [3.05, 3.63) is 52.4 Å². The van der Waals surface area contributed by atoms with Crippen LogP contribution in [0.1, 0.15) is 11.4 Å². The fourth-order valence-corrected chi connectivity index (χ4v) is 4.03. The Morgan fingerprint density at radius 2 is 2.11 bits per heavy atom. The van der Waals surface area contributed by atoms with Crippen molar-refractivity contribution in [2.45, 2.75) is 13.5 Å². The summed E-state index contributed by atoms with van der Waals surface area (Å²) in [6.07, 6.45) is 3.57. The number of imidazole rings is 1. The van der Waals surface area contributed by atoms with Crippen molar-refractivity contribution >= 4 is 39.0 Å². The van der Waals surface area contributed by atoms with Gasteiger partial charge in [-0.3, -0.25) is 4.57 Å². The van der Waals surface area contributed by atoms with E-state index in [2.05, 4.69) is 15.3 Å². The summed E-state index contributed by atoms with van der Waals surface area (Å²) in [6.45, 7) is 2.76. The van der Waals surface area contributed by atoms with Gasteiger partial charge in [0.05, 0.1) is 9.72 Å². The second-order valence-electron chi connectivity index (χ2n) is 6.03. The predicted octanol–water partition coefficient (Wildman–Crippen LogP) is 4.18. The maximum Gasteiger partial charge on any atom is 0.238 e. The highest BCUT2D eigenvalue weighted by molar-refractivity contribution is 7.22. The quantitative estimate of drug-likeness (QED) is 0.555. The van der Waals surface area contributed by atoms with E-state index in [0.717, 1.165) is 38.9 Å². The highest BCUT2D eigenvalue weighted by Gasteiger charge is 2.15. The number of halogens is 1. The molecule has 0 radical (unpaired) electrons. The minimum atomic E-state index is 0.264. The van der Waals surface area contributed by atoms with E-state index in [1.54, 1.807) is 6.20 Å². The van der Waals surface area contributed by atoms with Crippen molar-refractivity contribution in [3.8, 4) is 17.4 Å². The molecule has 0 aliphatic carbocycles. The highest BCUT2D eigenvalue weighted by atomic mass is 35.5. The zero-order valence-electron chi connectivity index (χ0n) is 14.3. The summed E-state index contributed by atoms with van der Waals surface area (Å²) in [4.78, 5) is 14.4. The number of benzene rings is 1. The number of rotatable bonds is 4. The van der Waals surface area contributed by atoms with Crippen LogP contribution < -0.4 is 14.8 Å². The summed E-state index contributed by atoms with van der Waals surface area (Å²) in [7, 11) is 0. The first-order valence-corrected chi connectivity index (χ1v) is 9.46. The Hall–Kier alpha value is -2.84. The second kappa shape index (κ2) is 6.40. The minimum absolute atomic E-state index is 0.264. The molecule has 1 aliphatic rings. The lowest BCUT2D eigenvalue weighted by atomic mass is 10.2. The standard InChI is InChI=1S/C18H14ClN5O2S/c1-10-20-4-5-24(10)18-22-16(12-7-15(19)27-17(12)23-18)21-8-11-2-3-13-14(6-11)26-9-25-13/h2-7H,8-9H2,1H3,(H,21,22,23). The fourth-order valence-electron chi connectivity index (χ4n) is 2.95. The lowest BCUT2D eigenvalue weighted by Crippen LogP contribution is -2.07. The molecule has 27 heavy (non-hydrogen) atoms. The topological polar surface area (TPSA) is 74.1 Å². The average molecular weight is 400 g/mol. The molecule has 0 saturated heterocycles. The summed E-state index contributed by atoms with van der Waals surface area (Å²) in [5, 5.41) is 4.29. The zero-order chi connectivity index (χ0) is 18.4. The van der Waals surface area contributed by atoms with Gasteiger partial charge in [-0.25, -0.2) is 9.97 Å². The van der Waals surface area contributed by atoms with Crippen LogP contribution in [-0.4, -0.2) is 26.3 Å². The van der Waals surface area contributed by atoms with Crippen molar-refractivity contribution in [2.75, 3.05) is 12.1 Å². The molecule has 1 aromatic carbocycles. The van der Waals surface area contributed by atoms with Gasteiger partial charge in [-0.05, 0) is 30.7 Å². The van der Waals surface area contributed by atoms with Crippen LogP contribution in [0.15, 0.2) is 36.7 Å². The lowest BCUT2D eigenvalue weighted by molar-refractivity contribution is 0.174. The number of ether oxygens (including phenoxy) is 2. The maximum atomic E-state index is 6.22. The van der Waals surface area contributed by atoms with Gasteiger partial charge in [0.1, 0.15) is 16.5 Å². The summed E-state index contributed by atoms with van der Waals surface area (Å²) in [5.74, 6) is 3.63. The second-order valence-corrected chi connectivity index (χ2v) is 7.69. The molecule has 4 heterocycles. The Kier molecular flexibility index (Phi) is 3.87. The smallest absolute Gasteiger partial charge is 0.238 e. The largest absolute Gasteiger partial charge is 0.454 e. The normalized spacial score (nSPS) is 12.7. The molecule has 4 aromatic rings. The molecule has 0 unspecified atom stereocenters. The summed E-state index contributed by atoms with van der Waals surface area (Å²) >= 11 is 7.64. The van der Waals surface area contributed by atoms with Crippen molar-refractivity contribution in [2.24, 2.45) is 0 Å². The lowest BCUT2D eigenvalue weighted by Gasteiger charge is -2.10. The van der Waals surface area contributed by atoms with Crippen molar-refractivity contribution < 1.29 is 9.47 Å². The number of aryl methyl sites for hydroxylation is 1. The Morgan fingerprint density at radius 1 is 1.22 bits per heavy atom. The molecule has 1 aliphatic heterocycles. The van der Waals surface area contributed by atoms with Crippen LogP contribution >= 0.6 is 22.9 Å². The van der Waals surface area contributed by atoms with Crippen LogP contribution in [0.3, 0.4) is 0 Å². The van der Waals surface area contributed by atoms with Gasteiger partial charge in [-0.15, -0.1) is 11.3 Å².